The molecule has 2 atom stereocenters. The van der Waals surface area contributed by atoms with E-state index in [2.05, 4.69) is 9.47 Å². The highest BCUT2D eigenvalue weighted by Crippen LogP contribution is 2.36. The molecule has 1 aromatic rings. The fourth-order valence-electron chi connectivity index (χ4n) is 4.58. The smallest absolute Gasteiger partial charge is 0.270 e. The molecule has 0 radical (unpaired) electrons. The van der Waals surface area contributed by atoms with Crippen LogP contribution < -0.4 is 0 Å². The van der Waals surface area contributed by atoms with Crippen molar-refractivity contribution in [2.75, 3.05) is 39.3 Å². The second-order valence-electron chi connectivity index (χ2n) is 8.16. The second kappa shape index (κ2) is 7.50. The van der Waals surface area contributed by atoms with Crippen LogP contribution in [0.15, 0.2) is 18.3 Å². The topological polar surface area (TPSA) is 48.7 Å². The van der Waals surface area contributed by atoms with Gasteiger partial charge in [-0.3, -0.25) is 4.79 Å². The number of carbonyl (C=O) groups is 1. The van der Waals surface area contributed by atoms with Crippen molar-refractivity contribution < 1.29 is 9.90 Å². The van der Waals surface area contributed by atoms with Crippen molar-refractivity contribution in [1.82, 2.24) is 14.4 Å². The van der Waals surface area contributed by atoms with Gasteiger partial charge in [0.25, 0.3) is 5.91 Å². The zero-order valence-electron chi connectivity index (χ0n) is 15.1. The van der Waals surface area contributed by atoms with E-state index in [0.29, 0.717) is 18.5 Å². The molecule has 2 saturated heterocycles. The molecule has 138 valence electrons. The quantitative estimate of drug-likeness (QED) is 0.891. The number of hydrogen-bond donors (Lipinski definition) is 1. The van der Waals surface area contributed by atoms with E-state index in [1.165, 1.54) is 51.6 Å². The largest absolute Gasteiger partial charge is 0.396 e. The zero-order chi connectivity index (χ0) is 17.2. The van der Waals surface area contributed by atoms with Crippen LogP contribution in [0.4, 0.5) is 0 Å². The van der Waals surface area contributed by atoms with Crippen molar-refractivity contribution in [3.63, 3.8) is 0 Å². The molecule has 3 heterocycles. The summed E-state index contributed by atoms with van der Waals surface area (Å²) in [5, 5.41) is 9.84. The summed E-state index contributed by atoms with van der Waals surface area (Å²) in [6.45, 7) is 5.05. The highest BCUT2D eigenvalue weighted by atomic mass is 16.3. The molecule has 3 fully saturated rings. The van der Waals surface area contributed by atoms with E-state index in [1.54, 1.807) is 0 Å². The van der Waals surface area contributed by atoms with Crippen molar-refractivity contribution in [1.29, 1.82) is 0 Å². The van der Waals surface area contributed by atoms with Gasteiger partial charge in [-0.25, -0.2) is 0 Å². The first-order valence-corrected chi connectivity index (χ1v) is 10.1. The van der Waals surface area contributed by atoms with Gasteiger partial charge in [-0.15, -0.1) is 0 Å². The van der Waals surface area contributed by atoms with Gasteiger partial charge in [0.1, 0.15) is 5.69 Å². The maximum absolute atomic E-state index is 13.0. The van der Waals surface area contributed by atoms with Crippen LogP contribution in [0, 0.1) is 11.8 Å². The van der Waals surface area contributed by atoms with Gasteiger partial charge in [0.2, 0.25) is 0 Å². The molecule has 1 amide bonds. The normalized spacial score (nSPS) is 28.3. The molecule has 25 heavy (non-hydrogen) atoms. The molecule has 5 nitrogen and oxygen atoms in total. The van der Waals surface area contributed by atoms with Gasteiger partial charge in [-0.2, -0.15) is 0 Å². The van der Waals surface area contributed by atoms with Gasteiger partial charge in [0.15, 0.2) is 0 Å². The molecule has 0 spiro atoms. The first kappa shape index (κ1) is 17.1. The van der Waals surface area contributed by atoms with Crippen molar-refractivity contribution in [2.24, 2.45) is 11.8 Å². The molecule has 0 bridgehead atoms. The first-order chi connectivity index (χ1) is 12.3. The van der Waals surface area contributed by atoms with Crippen LogP contribution in [0.2, 0.25) is 0 Å². The third-order valence-corrected chi connectivity index (χ3v) is 6.23. The Morgan fingerprint density at radius 3 is 2.48 bits per heavy atom. The predicted molar refractivity (Wildman–Crippen MR) is 97.6 cm³/mol. The molecule has 1 N–H and O–H groups in total. The Morgan fingerprint density at radius 1 is 1.08 bits per heavy atom. The Morgan fingerprint density at radius 2 is 1.80 bits per heavy atom. The third kappa shape index (κ3) is 3.77. The molecule has 1 aliphatic carbocycles. The van der Waals surface area contributed by atoms with E-state index in [0.717, 1.165) is 18.8 Å². The van der Waals surface area contributed by atoms with E-state index in [-0.39, 0.29) is 18.4 Å². The lowest BCUT2D eigenvalue weighted by Crippen LogP contribution is -2.35. The minimum Gasteiger partial charge on any atom is -0.396 e. The summed E-state index contributed by atoms with van der Waals surface area (Å²) in [5.41, 5.74) is 0.828. The van der Waals surface area contributed by atoms with Crippen molar-refractivity contribution in [2.45, 2.75) is 44.6 Å². The van der Waals surface area contributed by atoms with E-state index in [4.69, 9.17) is 0 Å². The lowest BCUT2D eigenvalue weighted by molar-refractivity contribution is 0.0768. The van der Waals surface area contributed by atoms with Crippen LogP contribution in [0.3, 0.4) is 0 Å². The average Bonchev–Trinajstić information content (AvgIpc) is 3.29. The third-order valence-electron chi connectivity index (χ3n) is 6.23. The maximum atomic E-state index is 13.0. The Hall–Kier alpha value is -1.33. The van der Waals surface area contributed by atoms with Gasteiger partial charge in [-0.1, -0.05) is 12.8 Å². The van der Waals surface area contributed by atoms with E-state index >= 15 is 0 Å². The summed E-state index contributed by atoms with van der Waals surface area (Å²) in [6.07, 6.45) is 9.67. The summed E-state index contributed by atoms with van der Waals surface area (Å²) >= 11 is 0. The van der Waals surface area contributed by atoms with Gasteiger partial charge in [0, 0.05) is 44.4 Å². The predicted octanol–water partition coefficient (Wildman–Crippen LogP) is 2.38. The molecule has 1 aromatic heterocycles. The number of likely N-dealkylation sites (tertiary alicyclic amines) is 2. The summed E-state index contributed by atoms with van der Waals surface area (Å²) in [6, 6.07) is 4.47. The standard InChI is InChI=1S/C20H31N3O2/c24-15-17-14-22(13-16(17)12-21-9-3-1-2-4-10-21)20(25)19-6-5-11-23(19)18-7-8-18/h5-6,11,16-18,24H,1-4,7-10,12-15H2/t16-,17-/m1/s1. The van der Waals surface area contributed by atoms with Crippen LogP contribution in [0.25, 0.3) is 0 Å². The van der Waals surface area contributed by atoms with Crippen LogP contribution >= 0.6 is 0 Å². The molecular formula is C20H31N3O2. The summed E-state index contributed by atoms with van der Waals surface area (Å²) < 4.78 is 2.15. The Labute approximate surface area is 150 Å². The van der Waals surface area contributed by atoms with Gasteiger partial charge in [0.05, 0.1) is 0 Å². The molecule has 1 saturated carbocycles. The van der Waals surface area contributed by atoms with Crippen LogP contribution in [0.5, 0.6) is 0 Å². The summed E-state index contributed by atoms with van der Waals surface area (Å²) in [7, 11) is 0. The Kier molecular flexibility index (Phi) is 5.13. The highest BCUT2D eigenvalue weighted by Gasteiger charge is 2.37. The van der Waals surface area contributed by atoms with Crippen molar-refractivity contribution >= 4 is 5.91 Å². The van der Waals surface area contributed by atoms with Crippen LogP contribution in [0.1, 0.15) is 55.1 Å². The zero-order valence-corrected chi connectivity index (χ0v) is 15.1. The molecule has 4 rings (SSSR count). The monoisotopic (exact) mass is 345 g/mol. The average molecular weight is 345 g/mol. The van der Waals surface area contributed by atoms with Gasteiger partial charge in [-0.05, 0) is 56.8 Å². The second-order valence-corrected chi connectivity index (χ2v) is 8.16. The van der Waals surface area contributed by atoms with E-state index in [9.17, 15) is 9.90 Å². The van der Waals surface area contributed by atoms with Crippen LogP contribution in [-0.4, -0.2) is 64.7 Å². The minimum absolute atomic E-state index is 0.147. The number of rotatable bonds is 5. The number of nitrogens with zero attached hydrogens (tertiary/aromatic N) is 3. The number of hydrogen-bond acceptors (Lipinski definition) is 3. The van der Waals surface area contributed by atoms with Crippen LogP contribution in [-0.2, 0) is 0 Å². The number of aliphatic hydroxyl groups is 1. The van der Waals surface area contributed by atoms with Crippen molar-refractivity contribution in [3.05, 3.63) is 24.0 Å². The minimum atomic E-state index is 0.147. The number of aliphatic hydroxyl groups excluding tert-OH is 1. The van der Waals surface area contributed by atoms with E-state index < -0.39 is 0 Å². The molecular weight excluding hydrogens is 314 g/mol. The fourth-order valence-corrected chi connectivity index (χ4v) is 4.58. The molecule has 2 aliphatic heterocycles. The van der Waals surface area contributed by atoms with Crippen molar-refractivity contribution in [3.8, 4) is 0 Å². The summed E-state index contributed by atoms with van der Waals surface area (Å²) in [5.74, 6) is 0.765. The Bertz CT molecular complexity index is 588. The van der Waals surface area contributed by atoms with E-state index in [1.807, 2.05) is 23.2 Å². The molecule has 3 aliphatic rings. The maximum Gasteiger partial charge on any atom is 0.270 e. The number of aromatic nitrogens is 1. The SMILES string of the molecule is O=C(c1cccn1C1CC1)N1C[C@@H](CN2CCCCCC2)[C@@H](CO)C1. The lowest BCUT2D eigenvalue weighted by atomic mass is 9.96. The molecule has 0 aromatic carbocycles. The first-order valence-electron chi connectivity index (χ1n) is 10.1. The fraction of sp³-hybridized carbons (Fsp3) is 0.750. The number of amides is 1. The van der Waals surface area contributed by atoms with Gasteiger partial charge >= 0.3 is 0 Å². The Balaban J connectivity index is 1.41. The van der Waals surface area contributed by atoms with Gasteiger partial charge < -0.3 is 19.5 Å². The highest BCUT2D eigenvalue weighted by molar-refractivity contribution is 5.93. The lowest BCUT2D eigenvalue weighted by Gasteiger charge is -2.26. The molecule has 0 unspecified atom stereocenters. The summed E-state index contributed by atoms with van der Waals surface area (Å²) in [4.78, 5) is 17.6. The molecule has 5 heteroatoms. The number of carbonyl (C=O) groups excluding carboxylic acids is 1.